The molecule has 2 aromatic heterocycles. The first-order valence-corrected chi connectivity index (χ1v) is 10.8. The van der Waals surface area contributed by atoms with Gasteiger partial charge in [-0.25, -0.2) is 4.68 Å². The van der Waals surface area contributed by atoms with E-state index in [1.807, 2.05) is 0 Å². The third-order valence-electron chi connectivity index (χ3n) is 5.38. The maximum absolute atomic E-state index is 13.1. The molecular weight excluding hydrogens is 499 g/mol. The van der Waals surface area contributed by atoms with Gasteiger partial charge in [0.05, 0.1) is 23.0 Å². The Labute approximate surface area is 206 Å². The number of alkyl halides is 5. The molecule has 37 heavy (non-hydrogen) atoms. The van der Waals surface area contributed by atoms with Crippen LogP contribution in [-0.2, 0) is 6.18 Å². The molecule has 0 aliphatic heterocycles. The molecule has 0 fully saturated rings. The number of amides is 1. The summed E-state index contributed by atoms with van der Waals surface area (Å²) in [5, 5.41) is 10.4. The van der Waals surface area contributed by atoms with Crippen molar-refractivity contribution in [1.82, 2.24) is 24.9 Å². The summed E-state index contributed by atoms with van der Waals surface area (Å²) in [7, 11) is 0. The van der Waals surface area contributed by atoms with Crippen molar-refractivity contribution in [2.75, 3.05) is 5.73 Å². The molecular formula is C24H19F5N6O2. The standard InChI is InChI=1S/C24H19F5N6O2/c1-13(15-9-16(24(27,28)29)12-17(30)10-15)31-22(37)20-5-6-21(36)35(33-20)18-4-2-3-14(11-18)19-7-8-34(32-19)23(25)26/h2-13,23H,30H2,1H3,(H,31,37)/t13-/m1/s1. The number of benzene rings is 2. The van der Waals surface area contributed by atoms with Crippen molar-refractivity contribution in [3.05, 3.63) is 94.0 Å². The van der Waals surface area contributed by atoms with Crippen LogP contribution < -0.4 is 16.6 Å². The van der Waals surface area contributed by atoms with Crippen LogP contribution >= 0.6 is 0 Å². The number of aromatic nitrogens is 4. The van der Waals surface area contributed by atoms with Crippen molar-refractivity contribution in [3.8, 4) is 16.9 Å². The third kappa shape index (κ3) is 5.66. The van der Waals surface area contributed by atoms with Crippen LogP contribution in [0.1, 0.15) is 41.1 Å². The quantitative estimate of drug-likeness (QED) is 0.287. The summed E-state index contributed by atoms with van der Waals surface area (Å²) in [6.45, 7) is -1.34. The maximum Gasteiger partial charge on any atom is 0.416 e. The Morgan fingerprint density at radius 1 is 1.03 bits per heavy atom. The summed E-state index contributed by atoms with van der Waals surface area (Å²) in [5.74, 6) is -0.746. The van der Waals surface area contributed by atoms with Gasteiger partial charge in [0.2, 0.25) is 0 Å². The molecule has 0 aliphatic rings. The SMILES string of the molecule is C[C@@H](NC(=O)c1ccc(=O)n(-c2cccc(-c3ccn(C(F)F)n3)c2)n1)c1cc(N)cc(C(F)(F)F)c1. The Bertz CT molecular complexity index is 1510. The summed E-state index contributed by atoms with van der Waals surface area (Å²) in [5.41, 5.74) is 4.81. The van der Waals surface area contributed by atoms with E-state index in [-0.39, 0.29) is 28.3 Å². The predicted octanol–water partition coefficient (Wildman–Crippen LogP) is 4.58. The molecule has 0 saturated heterocycles. The predicted molar refractivity (Wildman–Crippen MR) is 124 cm³/mol. The van der Waals surface area contributed by atoms with Crippen LogP contribution in [0, 0.1) is 0 Å². The molecule has 4 aromatic rings. The van der Waals surface area contributed by atoms with Crippen LogP contribution in [0.2, 0.25) is 0 Å². The highest BCUT2D eigenvalue weighted by molar-refractivity contribution is 5.92. The average molecular weight is 518 g/mol. The smallest absolute Gasteiger partial charge is 0.399 e. The zero-order valence-corrected chi connectivity index (χ0v) is 19.1. The molecule has 8 nitrogen and oxygen atoms in total. The molecule has 3 N–H and O–H groups in total. The fraction of sp³-hybridized carbons (Fsp3) is 0.167. The van der Waals surface area contributed by atoms with Gasteiger partial charge >= 0.3 is 12.7 Å². The van der Waals surface area contributed by atoms with Gasteiger partial charge in [-0.3, -0.25) is 9.59 Å². The number of nitrogens with two attached hydrogens (primary N) is 1. The normalized spacial score (nSPS) is 12.5. The van der Waals surface area contributed by atoms with Crippen molar-refractivity contribution >= 4 is 11.6 Å². The van der Waals surface area contributed by atoms with Crippen molar-refractivity contribution in [2.45, 2.75) is 25.7 Å². The van der Waals surface area contributed by atoms with Gasteiger partial charge in [0.15, 0.2) is 0 Å². The van der Waals surface area contributed by atoms with Gasteiger partial charge in [0, 0.05) is 23.5 Å². The van der Waals surface area contributed by atoms with Crippen LogP contribution in [0.3, 0.4) is 0 Å². The average Bonchev–Trinajstić information content (AvgIpc) is 3.34. The largest absolute Gasteiger partial charge is 0.416 e. The molecule has 0 aliphatic carbocycles. The Morgan fingerprint density at radius 3 is 2.46 bits per heavy atom. The molecule has 0 unspecified atom stereocenters. The fourth-order valence-corrected chi connectivity index (χ4v) is 3.56. The molecule has 192 valence electrons. The van der Waals surface area contributed by atoms with E-state index in [1.54, 1.807) is 12.1 Å². The lowest BCUT2D eigenvalue weighted by molar-refractivity contribution is -0.137. The molecule has 1 atom stereocenters. The summed E-state index contributed by atoms with van der Waals surface area (Å²) in [6.07, 6.45) is -3.50. The van der Waals surface area contributed by atoms with E-state index < -0.39 is 35.8 Å². The van der Waals surface area contributed by atoms with E-state index in [4.69, 9.17) is 5.73 Å². The summed E-state index contributed by atoms with van der Waals surface area (Å²) in [6, 6.07) is 12.0. The highest BCUT2D eigenvalue weighted by atomic mass is 19.4. The fourth-order valence-electron chi connectivity index (χ4n) is 3.56. The van der Waals surface area contributed by atoms with E-state index in [9.17, 15) is 31.5 Å². The number of nitrogens with zero attached hydrogens (tertiary/aromatic N) is 4. The minimum atomic E-state index is -4.61. The second-order valence-electron chi connectivity index (χ2n) is 8.06. The molecule has 0 bridgehead atoms. The van der Waals surface area contributed by atoms with Crippen molar-refractivity contribution < 1.29 is 26.7 Å². The lowest BCUT2D eigenvalue weighted by Gasteiger charge is -2.17. The lowest BCUT2D eigenvalue weighted by Crippen LogP contribution is -2.30. The highest BCUT2D eigenvalue weighted by Crippen LogP contribution is 2.32. The topological polar surface area (TPSA) is 108 Å². The number of rotatable bonds is 6. The molecule has 0 spiro atoms. The minimum Gasteiger partial charge on any atom is -0.399 e. The molecule has 2 aromatic carbocycles. The zero-order valence-electron chi connectivity index (χ0n) is 19.1. The number of carbonyl (C=O) groups excluding carboxylic acids is 1. The van der Waals surface area contributed by atoms with Crippen molar-refractivity contribution in [2.24, 2.45) is 0 Å². The highest BCUT2D eigenvalue weighted by Gasteiger charge is 2.31. The molecule has 4 rings (SSSR count). The first-order chi connectivity index (χ1) is 17.4. The maximum atomic E-state index is 13.1. The van der Waals surface area contributed by atoms with E-state index in [0.717, 1.165) is 29.1 Å². The number of anilines is 1. The van der Waals surface area contributed by atoms with Gasteiger partial charge < -0.3 is 11.1 Å². The summed E-state index contributed by atoms with van der Waals surface area (Å²) in [4.78, 5) is 25.3. The number of nitrogen functional groups attached to an aromatic ring is 1. The molecule has 0 radical (unpaired) electrons. The Morgan fingerprint density at radius 2 is 1.78 bits per heavy atom. The van der Waals surface area contributed by atoms with Gasteiger partial charge in [0.25, 0.3) is 11.5 Å². The van der Waals surface area contributed by atoms with E-state index in [2.05, 4.69) is 15.5 Å². The number of hydrogen-bond donors (Lipinski definition) is 2. The van der Waals surface area contributed by atoms with Gasteiger partial charge in [-0.2, -0.15) is 36.8 Å². The second kappa shape index (κ2) is 9.84. The van der Waals surface area contributed by atoms with Gasteiger partial charge in [-0.15, -0.1) is 0 Å². The van der Waals surface area contributed by atoms with Crippen LogP contribution in [0.5, 0.6) is 0 Å². The van der Waals surface area contributed by atoms with E-state index in [0.29, 0.717) is 10.2 Å². The van der Waals surface area contributed by atoms with Crippen LogP contribution in [-0.4, -0.2) is 25.5 Å². The van der Waals surface area contributed by atoms with Crippen LogP contribution in [0.15, 0.2) is 71.7 Å². The summed E-state index contributed by atoms with van der Waals surface area (Å²) < 4.78 is 66.5. The van der Waals surface area contributed by atoms with Crippen LogP contribution in [0.4, 0.5) is 27.6 Å². The van der Waals surface area contributed by atoms with E-state index in [1.165, 1.54) is 37.3 Å². The van der Waals surface area contributed by atoms with Crippen molar-refractivity contribution in [3.63, 3.8) is 0 Å². The minimum absolute atomic E-state index is 0.115. The van der Waals surface area contributed by atoms with E-state index >= 15 is 0 Å². The Balaban J connectivity index is 1.60. The first-order valence-electron chi connectivity index (χ1n) is 10.8. The number of halogens is 5. The van der Waals surface area contributed by atoms with Crippen LogP contribution in [0.25, 0.3) is 16.9 Å². The molecule has 13 heteroatoms. The lowest BCUT2D eigenvalue weighted by atomic mass is 10.0. The number of nitrogens with one attached hydrogen (secondary N) is 1. The van der Waals surface area contributed by atoms with Gasteiger partial charge in [0.1, 0.15) is 5.69 Å². The first kappa shape index (κ1) is 25.5. The second-order valence-corrected chi connectivity index (χ2v) is 8.06. The van der Waals surface area contributed by atoms with Crippen molar-refractivity contribution in [1.29, 1.82) is 0 Å². The number of carbonyl (C=O) groups is 1. The molecule has 1 amide bonds. The zero-order chi connectivity index (χ0) is 26.9. The number of hydrogen-bond acceptors (Lipinski definition) is 5. The summed E-state index contributed by atoms with van der Waals surface area (Å²) >= 11 is 0. The van der Waals surface area contributed by atoms with Gasteiger partial charge in [-0.05, 0) is 55.0 Å². The third-order valence-corrected chi connectivity index (χ3v) is 5.38. The monoisotopic (exact) mass is 518 g/mol. The Kier molecular flexibility index (Phi) is 6.79. The Hall–Kier alpha value is -4.55. The molecule has 0 saturated carbocycles. The molecule has 2 heterocycles. The van der Waals surface area contributed by atoms with Gasteiger partial charge in [-0.1, -0.05) is 12.1 Å².